The van der Waals surface area contributed by atoms with Crippen LogP contribution in [0.5, 0.6) is 11.5 Å². The minimum Gasteiger partial charge on any atom is -0.504 e. The Morgan fingerprint density at radius 1 is 0.919 bits per heavy atom. The first kappa shape index (κ1) is 25.2. The van der Waals surface area contributed by atoms with Crippen LogP contribution in [0.1, 0.15) is 45.1 Å². The molecular formula is C29H34N2O6. The number of imide groups is 2. The van der Waals surface area contributed by atoms with Crippen molar-refractivity contribution in [2.45, 2.75) is 39.5 Å². The van der Waals surface area contributed by atoms with Crippen LogP contribution in [0, 0.1) is 35.5 Å². The van der Waals surface area contributed by atoms with Crippen molar-refractivity contribution in [3.05, 3.63) is 41.5 Å². The van der Waals surface area contributed by atoms with E-state index in [4.69, 9.17) is 4.74 Å². The van der Waals surface area contributed by atoms with E-state index in [0.29, 0.717) is 44.5 Å². The van der Waals surface area contributed by atoms with Gasteiger partial charge in [0.15, 0.2) is 11.5 Å². The third-order valence-corrected chi connectivity index (χ3v) is 8.48. The molecule has 0 spiro atoms. The number of hydrogen-bond acceptors (Lipinski definition) is 6. The minimum absolute atomic E-state index is 0.0336. The highest BCUT2D eigenvalue weighted by Gasteiger charge is 2.60. The normalized spacial score (nSPS) is 31.1. The molecule has 0 aromatic heterocycles. The zero-order valence-corrected chi connectivity index (χ0v) is 21.6. The summed E-state index contributed by atoms with van der Waals surface area (Å²) >= 11 is 0. The number of nitrogens with zero attached hydrogens (tertiary/aromatic N) is 2. The Bertz CT molecular complexity index is 1200. The molecule has 2 aliphatic carbocycles. The fourth-order valence-electron chi connectivity index (χ4n) is 6.88. The van der Waals surface area contributed by atoms with Crippen molar-refractivity contribution in [1.82, 2.24) is 9.80 Å². The number of allylic oxidation sites excluding steroid dienone is 3. The molecule has 8 heteroatoms. The molecule has 3 fully saturated rings. The number of ether oxygens (including phenoxy) is 1. The van der Waals surface area contributed by atoms with Crippen molar-refractivity contribution in [2.24, 2.45) is 35.5 Å². The van der Waals surface area contributed by atoms with Gasteiger partial charge in [-0.1, -0.05) is 43.7 Å². The highest BCUT2D eigenvalue weighted by atomic mass is 16.5. The lowest BCUT2D eigenvalue weighted by Crippen LogP contribution is -2.43. The van der Waals surface area contributed by atoms with Crippen molar-refractivity contribution in [3.63, 3.8) is 0 Å². The number of aromatic hydroxyl groups is 1. The van der Waals surface area contributed by atoms with Crippen LogP contribution in [-0.4, -0.2) is 58.7 Å². The lowest BCUT2D eigenvalue weighted by Gasteiger charge is -2.42. The van der Waals surface area contributed by atoms with Gasteiger partial charge in [-0.3, -0.25) is 29.0 Å². The average molecular weight is 507 g/mol. The second-order valence-electron chi connectivity index (χ2n) is 10.5. The molecule has 6 atom stereocenters. The summed E-state index contributed by atoms with van der Waals surface area (Å²) < 4.78 is 5.23. The number of methoxy groups -OCH3 is 1. The van der Waals surface area contributed by atoms with Gasteiger partial charge in [-0.15, -0.1) is 0 Å². The number of hydrogen-bond donors (Lipinski definition) is 1. The third-order valence-electron chi connectivity index (χ3n) is 8.48. The molecule has 4 amide bonds. The number of carbonyl (C=O) groups excluding carboxylic acids is 4. The molecule has 2 heterocycles. The second-order valence-corrected chi connectivity index (χ2v) is 10.5. The lowest BCUT2D eigenvalue weighted by atomic mass is 9.58. The average Bonchev–Trinajstić information content (AvgIpc) is 3.28. The fraction of sp³-hybridized carbons (Fsp3) is 0.517. The molecule has 4 aliphatic rings. The lowest BCUT2D eigenvalue weighted by molar-refractivity contribution is -0.142. The van der Waals surface area contributed by atoms with Crippen molar-refractivity contribution in [2.75, 3.05) is 20.2 Å². The molecule has 5 rings (SSSR count). The molecule has 1 aromatic rings. The number of likely N-dealkylation sites (tertiary alicyclic amines) is 2. The third kappa shape index (κ3) is 3.97. The Morgan fingerprint density at radius 3 is 2.22 bits per heavy atom. The second kappa shape index (κ2) is 9.80. The van der Waals surface area contributed by atoms with Gasteiger partial charge < -0.3 is 9.84 Å². The van der Waals surface area contributed by atoms with Crippen molar-refractivity contribution in [1.29, 1.82) is 0 Å². The number of rotatable bonds is 7. The zero-order chi connectivity index (χ0) is 26.4. The predicted octanol–water partition coefficient (Wildman–Crippen LogP) is 3.40. The van der Waals surface area contributed by atoms with E-state index in [-0.39, 0.29) is 41.2 Å². The Labute approximate surface area is 216 Å². The number of phenols is 1. The molecule has 1 N–H and O–H groups in total. The van der Waals surface area contributed by atoms with Crippen LogP contribution in [-0.2, 0) is 19.2 Å². The summed E-state index contributed by atoms with van der Waals surface area (Å²) in [4.78, 5) is 56.3. The van der Waals surface area contributed by atoms with Crippen LogP contribution in [0.25, 0.3) is 6.08 Å². The number of phenolic OH excluding ortho intramolecular Hbond substituents is 1. The number of benzene rings is 1. The molecule has 1 aromatic carbocycles. The van der Waals surface area contributed by atoms with Gasteiger partial charge in [-0.25, -0.2) is 0 Å². The van der Waals surface area contributed by atoms with Crippen LogP contribution >= 0.6 is 0 Å². The van der Waals surface area contributed by atoms with Crippen LogP contribution in [0.15, 0.2) is 35.9 Å². The van der Waals surface area contributed by atoms with Crippen LogP contribution in [0.2, 0.25) is 0 Å². The van der Waals surface area contributed by atoms with Crippen molar-refractivity contribution < 1.29 is 29.0 Å². The molecule has 2 aliphatic heterocycles. The molecule has 196 valence electrons. The number of amides is 4. The first-order valence-corrected chi connectivity index (χ1v) is 13.3. The van der Waals surface area contributed by atoms with Gasteiger partial charge in [0, 0.05) is 19.0 Å². The van der Waals surface area contributed by atoms with E-state index in [1.165, 1.54) is 16.9 Å². The highest BCUT2D eigenvalue weighted by Crippen LogP contribution is 2.55. The van der Waals surface area contributed by atoms with E-state index in [1.807, 2.05) is 26.0 Å². The summed E-state index contributed by atoms with van der Waals surface area (Å²) in [5, 5.41) is 9.96. The summed E-state index contributed by atoms with van der Waals surface area (Å²) in [5.41, 5.74) is 1.77. The van der Waals surface area contributed by atoms with Gasteiger partial charge in [-0.2, -0.15) is 0 Å². The Balaban J connectivity index is 1.55. The Morgan fingerprint density at radius 2 is 1.57 bits per heavy atom. The van der Waals surface area contributed by atoms with Crippen LogP contribution in [0.3, 0.4) is 0 Å². The predicted molar refractivity (Wildman–Crippen MR) is 136 cm³/mol. The topological polar surface area (TPSA) is 104 Å². The standard InChI is InChI=1S/C29H34N2O6/c1-4-12-30-26(33)19-10-9-17-18(8-6-16-7-11-22(32)23(14-16)37-3)24-21(15-20(17)25(19)29(30)36)27(34)31(13-5-2)28(24)35/h6-9,11,14,18-21,24-25,32H,4-5,10,12-13,15H2,1-3H3/t18-,19-,20+,21+,24-,25-/m0/s1. The summed E-state index contributed by atoms with van der Waals surface area (Å²) in [6.07, 6.45) is 8.15. The van der Waals surface area contributed by atoms with Gasteiger partial charge in [0.05, 0.1) is 30.8 Å². The van der Waals surface area contributed by atoms with E-state index in [9.17, 15) is 24.3 Å². The molecule has 2 saturated heterocycles. The largest absolute Gasteiger partial charge is 0.504 e. The molecule has 0 unspecified atom stereocenters. The summed E-state index contributed by atoms with van der Waals surface area (Å²) in [6, 6.07) is 5.01. The summed E-state index contributed by atoms with van der Waals surface area (Å²) in [5.74, 6) is -2.70. The van der Waals surface area contributed by atoms with Crippen LogP contribution in [0.4, 0.5) is 0 Å². The molecular weight excluding hydrogens is 472 g/mol. The first-order chi connectivity index (χ1) is 17.8. The van der Waals surface area contributed by atoms with E-state index < -0.39 is 23.7 Å². The maximum atomic E-state index is 13.5. The Hall–Kier alpha value is -3.42. The number of fused-ring (bicyclic) bond motifs is 4. The highest BCUT2D eigenvalue weighted by molar-refractivity contribution is 6.07. The van der Waals surface area contributed by atoms with Gasteiger partial charge in [0.2, 0.25) is 23.6 Å². The maximum absolute atomic E-state index is 13.5. The molecule has 1 saturated carbocycles. The smallest absolute Gasteiger partial charge is 0.234 e. The van der Waals surface area contributed by atoms with Crippen molar-refractivity contribution >= 4 is 29.7 Å². The Kier molecular flexibility index (Phi) is 6.68. The first-order valence-electron chi connectivity index (χ1n) is 13.3. The van der Waals surface area contributed by atoms with Crippen LogP contribution < -0.4 is 4.74 Å². The van der Waals surface area contributed by atoms with Gasteiger partial charge in [0.25, 0.3) is 0 Å². The SMILES string of the molecule is CCCN1C(=O)[C@H]2[C@H](CC=C3[C@H]2C[C@H]2C(=O)N(CCC)C(=O)[C@H]2[C@H]3C=Cc2ccc(O)c(OC)c2)C1=O. The van der Waals surface area contributed by atoms with E-state index in [2.05, 4.69) is 6.08 Å². The quantitative estimate of drug-likeness (QED) is 0.449. The minimum atomic E-state index is -0.521. The maximum Gasteiger partial charge on any atom is 0.234 e. The van der Waals surface area contributed by atoms with E-state index in [1.54, 1.807) is 18.2 Å². The molecule has 8 nitrogen and oxygen atoms in total. The molecule has 0 radical (unpaired) electrons. The zero-order valence-electron chi connectivity index (χ0n) is 21.6. The van der Waals surface area contributed by atoms with E-state index >= 15 is 0 Å². The number of carbonyl (C=O) groups is 4. The van der Waals surface area contributed by atoms with Gasteiger partial charge >= 0.3 is 0 Å². The monoisotopic (exact) mass is 506 g/mol. The van der Waals surface area contributed by atoms with E-state index in [0.717, 1.165) is 11.1 Å². The molecule has 0 bridgehead atoms. The summed E-state index contributed by atoms with van der Waals surface area (Å²) in [7, 11) is 1.48. The van der Waals surface area contributed by atoms with Gasteiger partial charge in [0.1, 0.15) is 0 Å². The molecule has 37 heavy (non-hydrogen) atoms. The van der Waals surface area contributed by atoms with Crippen molar-refractivity contribution in [3.8, 4) is 11.5 Å². The summed E-state index contributed by atoms with van der Waals surface area (Å²) in [6.45, 7) is 4.68. The fourth-order valence-corrected chi connectivity index (χ4v) is 6.88. The van der Waals surface area contributed by atoms with Gasteiger partial charge in [-0.05, 0) is 49.3 Å².